The Kier molecular flexibility index (Phi) is 3.73. The predicted molar refractivity (Wildman–Crippen MR) is 59.8 cm³/mol. The Hall–Kier alpha value is -1.43. The van der Waals surface area contributed by atoms with Crippen molar-refractivity contribution in [3.8, 4) is 0 Å². The Morgan fingerprint density at radius 1 is 1.59 bits per heavy atom. The van der Waals surface area contributed by atoms with Crippen LogP contribution < -0.4 is 0 Å². The highest BCUT2D eigenvalue weighted by Gasteiger charge is 2.24. The van der Waals surface area contributed by atoms with Crippen LogP contribution in [0.1, 0.15) is 36.8 Å². The number of carboxylic acid groups (broad SMARTS) is 1. The summed E-state index contributed by atoms with van der Waals surface area (Å²) in [4.78, 5) is 10.5. The molecule has 2 heterocycles. The van der Waals surface area contributed by atoms with E-state index in [1.54, 1.807) is 0 Å². The van der Waals surface area contributed by atoms with Crippen molar-refractivity contribution in [1.82, 2.24) is 14.8 Å². The zero-order valence-electron chi connectivity index (χ0n) is 9.93. The van der Waals surface area contributed by atoms with Crippen LogP contribution in [-0.4, -0.2) is 39.1 Å². The van der Waals surface area contributed by atoms with E-state index in [-0.39, 0.29) is 6.42 Å². The molecule has 1 aromatic heterocycles. The Morgan fingerprint density at radius 3 is 3.06 bits per heavy atom. The maximum absolute atomic E-state index is 10.5. The van der Waals surface area contributed by atoms with Crippen LogP contribution in [0.4, 0.5) is 0 Å². The van der Waals surface area contributed by atoms with Gasteiger partial charge < -0.3 is 14.4 Å². The lowest BCUT2D eigenvalue weighted by molar-refractivity contribution is -0.137. The van der Waals surface area contributed by atoms with E-state index < -0.39 is 5.97 Å². The predicted octanol–water partition coefficient (Wildman–Crippen LogP) is 0.955. The smallest absolute Gasteiger partial charge is 0.303 e. The minimum absolute atomic E-state index is 0.179. The fourth-order valence-corrected chi connectivity index (χ4v) is 2.10. The monoisotopic (exact) mass is 239 g/mol. The molecule has 6 heteroatoms. The molecule has 1 aliphatic rings. The molecule has 1 aromatic rings. The van der Waals surface area contributed by atoms with Crippen molar-refractivity contribution < 1.29 is 14.6 Å². The number of hydrogen-bond donors (Lipinski definition) is 1. The van der Waals surface area contributed by atoms with Gasteiger partial charge in [0, 0.05) is 25.5 Å². The van der Waals surface area contributed by atoms with Gasteiger partial charge in [0.1, 0.15) is 11.6 Å². The van der Waals surface area contributed by atoms with Gasteiger partial charge in [-0.2, -0.15) is 0 Å². The number of nitrogens with zero attached hydrogens (tertiary/aromatic N) is 3. The number of rotatable bonds is 5. The second-order valence-corrected chi connectivity index (χ2v) is 4.31. The molecule has 0 amide bonds. The molecule has 1 N–H and O–H groups in total. The van der Waals surface area contributed by atoms with Crippen molar-refractivity contribution in [3.63, 3.8) is 0 Å². The van der Waals surface area contributed by atoms with Gasteiger partial charge in [0.25, 0.3) is 0 Å². The second-order valence-electron chi connectivity index (χ2n) is 4.31. The van der Waals surface area contributed by atoms with Crippen molar-refractivity contribution in [2.45, 2.75) is 38.6 Å². The first-order valence-corrected chi connectivity index (χ1v) is 5.87. The Labute approximate surface area is 99.6 Å². The van der Waals surface area contributed by atoms with Crippen LogP contribution in [0.3, 0.4) is 0 Å². The number of aromatic nitrogens is 3. The van der Waals surface area contributed by atoms with Crippen LogP contribution in [0.5, 0.6) is 0 Å². The normalized spacial score (nSPS) is 19.7. The summed E-state index contributed by atoms with van der Waals surface area (Å²) in [5.41, 5.74) is 0. The van der Waals surface area contributed by atoms with E-state index in [9.17, 15) is 4.79 Å². The first-order chi connectivity index (χ1) is 8.18. The highest BCUT2D eigenvalue weighted by atomic mass is 16.5. The van der Waals surface area contributed by atoms with E-state index in [0.29, 0.717) is 25.5 Å². The van der Waals surface area contributed by atoms with Gasteiger partial charge in [0.15, 0.2) is 0 Å². The number of carbonyl (C=O) groups is 1. The largest absolute Gasteiger partial charge is 0.481 e. The Balaban J connectivity index is 2.03. The molecule has 1 atom stereocenters. The number of aryl methyl sites for hydroxylation is 1. The summed E-state index contributed by atoms with van der Waals surface area (Å²) in [5.74, 6) is 1.32. The lowest BCUT2D eigenvalue weighted by Gasteiger charge is -2.11. The molecule has 0 spiro atoms. The van der Waals surface area contributed by atoms with Gasteiger partial charge in [-0.3, -0.25) is 4.79 Å². The van der Waals surface area contributed by atoms with Crippen molar-refractivity contribution in [2.75, 3.05) is 13.2 Å². The molecule has 0 aliphatic carbocycles. The van der Waals surface area contributed by atoms with Gasteiger partial charge >= 0.3 is 5.97 Å². The van der Waals surface area contributed by atoms with Gasteiger partial charge in [0.2, 0.25) is 0 Å². The summed E-state index contributed by atoms with van der Waals surface area (Å²) in [7, 11) is 0. The maximum Gasteiger partial charge on any atom is 0.303 e. The fourth-order valence-electron chi connectivity index (χ4n) is 2.10. The van der Waals surface area contributed by atoms with E-state index in [1.807, 2.05) is 11.5 Å². The zero-order valence-corrected chi connectivity index (χ0v) is 9.93. The third-order valence-corrected chi connectivity index (χ3v) is 3.03. The summed E-state index contributed by atoms with van der Waals surface area (Å²) in [6.45, 7) is 4.02. The SMILES string of the molecule is Cc1nnc(C2CCOC2)n1CCCC(=O)O. The minimum Gasteiger partial charge on any atom is -0.481 e. The van der Waals surface area contributed by atoms with Crippen molar-refractivity contribution in [1.29, 1.82) is 0 Å². The topological polar surface area (TPSA) is 77.2 Å². The number of ether oxygens (including phenoxy) is 1. The molecule has 6 nitrogen and oxygen atoms in total. The molecule has 2 rings (SSSR count). The molecular formula is C11H17N3O3. The van der Waals surface area contributed by atoms with Crippen LogP contribution in [0.15, 0.2) is 0 Å². The number of hydrogen-bond acceptors (Lipinski definition) is 4. The zero-order chi connectivity index (χ0) is 12.3. The first-order valence-electron chi connectivity index (χ1n) is 5.87. The van der Waals surface area contributed by atoms with E-state index >= 15 is 0 Å². The van der Waals surface area contributed by atoms with E-state index in [4.69, 9.17) is 9.84 Å². The number of carboxylic acids is 1. The van der Waals surface area contributed by atoms with Crippen molar-refractivity contribution in [3.05, 3.63) is 11.6 Å². The van der Waals surface area contributed by atoms with Crippen LogP contribution in [0, 0.1) is 6.92 Å². The molecule has 94 valence electrons. The number of aliphatic carboxylic acids is 1. The molecule has 1 unspecified atom stereocenters. The fraction of sp³-hybridized carbons (Fsp3) is 0.727. The first kappa shape index (κ1) is 12.0. The molecule has 1 saturated heterocycles. The van der Waals surface area contributed by atoms with Gasteiger partial charge in [-0.05, 0) is 19.8 Å². The average molecular weight is 239 g/mol. The average Bonchev–Trinajstić information content (AvgIpc) is 2.88. The summed E-state index contributed by atoms with van der Waals surface area (Å²) >= 11 is 0. The van der Waals surface area contributed by atoms with E-state index in [0.717, 1.165) is 24.7 Å². The lowest BCUT2D eigenvalue weighted by Crippen LogP contribution is -2.11. The molecule has 0 aromatic carbocycles. The van der Waals surface area contributed by atoms with Crippen molar-refractivity contribution in [2.24, 2.45) is 0 Å². The minimum atomic E-state index is -0.763. The Bertz CT molecular complexity index is 397. The maximum atomic E-state index is 10.5. The van der Waals surface area contributed by atoms with Crippen LogP contribution in [-0.2, 0) is 16.1 Å². The van der Waals surface area contributed by atoms with Gasteiger partial charge in [-0.1, -0.05) is 0 Å². The van der Waals surface area contributed by atoms with Crippen molar-refractivity contribution >= 4 is 5.97 Å². The third-order valence-electron chi connectivity index (χ3n) is 3.03. The Morgan fingerprint density at radius 2 is 2.41 bits per heavy atom. The third kappa shape index (κ3) is 2.82. The summed E-state index contributed by atoms with van der Waals surface area (Å²) in [6.07, 6.45) is 1.75. The molecule has 1 aliphatic heterocycles. The highest BCUT2D eigenvalue weighted by Crippen LogP contribution is 2.24. The summed E-state index contributed by atoms with van der Waals surface area (Å²) in [5, 5.41) is 16.9. The molecular weight excluding hydrogens is 222 g/mol. The van der Waals surface area contributed by atoms with Gasteiger partial charge in [-0.25, -0.2) is 0 Å². The van der Waals surface area contributed by atoms with E-state index in [2.05, 4.69) is 10.2 Å². The highest BCUT2D eigenvalue weighted by molar-refractivity contribution is 5.66. The van der Waals surface area contributed by atoms with Gasteiger partial charge in [-0.15, -0.1) is 10.2 Å². The summed E-state index contributed by atoms with van der Waals surface area (Å²) < 4.78 is 7.36. The lowest BCUT2D eigenvalue weighted by atomic mass is 10.1. The molecule has 17 heavy (non-hydrogen) atoms. The molecule has 0 saturated carbocycles. The quantitative estimate of drug-likeness (QED) is 0.828. The van der Waals surface area contributed by atoms with Crippen LogP contribution in [0.25, 0.3) is 0 Å². The molecule has 0 bridgehead atoms. The van der Waals surface area contributed by atoms with Crippen LogP contribution >= 0.6 is 0 Å². The van der Waals surface area contributed by atoms with E-state index in [1.165, 1.54) is 0 Å². The molecule has 0 radical (unpaired) electrons. The second kappa shape index (κ2) is 5.27. The standard InChI is InChI=1S/C11H17N3O3/c1-8-12-13-11(9-4-6-17-7-9)14(8)5-2-3-10(15)16/h9H,2-7H2,1H3,(H,15,16). The molecule has 1 fully saturated rings. The van der Waals surface area contributed by atoms with Crippen LogP contribution in [0.2, 0.25) is 0 Å². The van der Waals surface area contributed by atoms with Gasteiger partial charge in [0.05, 0.1) is 6.61 Å². The summed E-state index contributed by atoms with van der Waals surface area (Å²) in [6, 6.07) is 0.